The fourth-order valence-electron chi connectivity index (χ4n) is 1.01. The van der Waals surface area contributed by atoms with E-state index in [-0.39, 0.29) is 0 Å². The molecule has 2 rings (SSSR count). The van der Waals surface area contributed by atoms with Crippen molar-refractivity contribution in [1.82, 2.24) is 10.2 Å². The summed E-state index contributed by atoms with van der Waals surface area (Å²) in [7, 11) is -1.23. The number of hydrogen-bond acceptors (Lipinski definition) is 2. The second-order valence-electron chi connectivity index (χ2n) is 2.71. The minimum atomic E-state index is -1.23. The first kappa shape index (κ1) is 7.87. The molecular formula is C8H10N2OP+. The van der Waals surface area contributed by atoms with Gasteiger partial charge in [-0.15, -0.1) is 0 Å². The molecule has 1 heterocycles. The molecule has 1 aliphatic heterocycles. The number of nitrogens with zero attached hydrogens (tertiary/aromatic N) is 1. The van der Waals surface area contributed by atoms with E-state index in [2.05, 4.69) is 5.43 Å². The highest BCUT2D eigenvalue weighted by Gasteiger charge is 2.37. The summed E-state index contributed by atoms with van der Waals surface area (Å²) in [4.78, 5) is 0. The Hall–Kier alpha value is -0.760. The Morgan fingerprint density at radius 1 is 1.42 bits per heavy atom. The van der Waals surface area contributed by atoms with E-state index in [9.17, 15) is 4.57 Å². The molecule has 2 unspecified atom stereocenters. The lowest BCUT2D eigenvalue weighted by Crippen LogP contribution is -1.89. The van der Waals surface area contributed by atoms with Gasteiger partial charge in [0.05, 0.1) is 0 Å². The van der Waals surface area contributed by atoms with Gasteiger partial charge in [0.25, 0.3) is 0 Å². The normalized spacial score (nSPS) is 22.0. The van der Waals surface area contributed by atoms with Gasteiger partial charge in [-0.3, -0.25) is 0 Å². The maximum atomic E-state index is 11.4. The summed E-state index contributed by atoms with van der Waals surface area (Å²) >= 11 is 0. The lowest BCUT2D eigenvalue weighted by Gasteiger charge is -1.89. The van der Waals surface area contributed by atoms with Crippen LogP contribution in [0.5, 0.6) is 0 Å². The van der Waals surface area contributed by atoms with Crippen molar-refractivity contribution >= 4 is 7.95 Å². The first-order valence-corrected chi connectivity index (χ1v) is 5.25. The predicted molar refractivity (Wildman–Crippen MR) is 47.6 cm³/mol. The van der Waals surface area contributed by atoms with Crippen LogP contribution in [0.25, 0.3) is 0 Å². The molecule has 0 spiro atoms. The van der Waals surface area contributed by atoms with E-state index in [0.717, 1.165) is 12.2 Å². The van der Waals surface area contributed by atoms with Gasteiger partial charge in [0.1, 0.15) is 6.67 Å². The lowest BCUT2D eigenvalue weighted by molar-refractivity contribution is 0.560. The molecule has 12 heavy (non-hydrogen) atoms. The standard InChI is InChI=1S/C8H10N2OP/c11-12(10-7-9-10)6-8-4-2-1-3-5-8/h1-5,9H,6-7H2/q+1. The highest BCUT2D eigenvalue weighted by Crippen LogP contribution is 2.33. The van der Waals surface area contributed by atoms with Crippen LogP contribution in [0.1, 0.15) is 5.56 Å². The summed E-state index contributed by atoms with van der Waals surface area (Å²) < 4.78 is 13.1. The van der Waals surface area contributed by atoms with Crippen molar-refractivity contribution in [2.24, 2.45) is 0 Å². The minimum absolute atomic E-state index is 0.642. The van der Waals surface area contributed by atoms with Crippen LogP contribution in [0.4, 0.5) is 0 Å². The Labute approximate surface area is 72.2 Å². The highest BCUT2D eigenvalue weighted by atomic mass is 31.1. The van der Waals surface area contributed by atoms with Gasteiger partial charge in [-0.25, -0.2) is 0 Å². The third-order valence-corrected chi connectivity index (χ3v) is 3.19. The Morgan fingerprint density at radius 2 is 2.08 bits per heavy atom. The summed E-state index contributed by atoms with van der Waals surface area (Å²) in [6.07, 6.45) is 0.642. The fourth-order valence-corrected chi connectivity index (χ4v) is 2.09. The van der Waals surface area contributed by atoms with Crippen molar-refractivity contribution in [2.45, 2.75) is 6.16 Å². The van der Waals surface area contributed by atoms with Gasteiger partial charge >= 0.3 is 7.95 Å². The molecule has 1 aromatic carbocycles. The first-order valence-electron chi connectivity index (χ1n) is 3.86. The van der Waals surface area contributed by atoms with Gasteiger partial charge in [0.15, 0.2) is 6.16 Å². The second-order valence-corrected chi connectivity index (χ2v) is 4.22. The maximum Gasteiger partial charge on any atom is 0.455 e. The van der Waals surface area contributed by atoms with Crippen LogP contribution in [0, 0.1) is 0 Å². The third kappa shape index (κ3) is 1.89. The molecule has 2 atom stereocenters. The first-order chi connectivity index (χ1) is 5.86. The number of hydrazine groups is 1. The summed E-state index contributed by atoms with van der Waals surface area (Å²) in [5.41, 5.74) is 4.04. The van der Waals surface area contributed by atoms with E-state index >= 15 is 0 Å². The van der Waals surface area contributed by atoms with Crippen LogP contribution in [-0.2, 0) is 10.7 Å². The topological polar surface area (TPSA) is 42.0 Å². The molecule has 0 aromatic heterocycles. The molecule has 0 saturated carbocycles. The van der Waals surface area contributed by atoms with Gasteiger partial charge < -0.3 is 0 Å². The number of nitrogens with one attached hydrogen (secondary N) is 1. The van der Waals surface area contributed by atoms with Gasteiger partial charge in [0.2, 0.25) is 0 Å². The Balaban J connectivity index is 1.98. The molecule has 0 amide bonds. The summed E-state index contributed by atoms with van der Waals surface area (Å²) in [6.45, 7) is 0.766. The average Bonchev–Trinajstić information content (AvgIpc) is 2.88. The predicted octanol–water partition coefficient (Wildman–Crippen LogP) is 1.71. The number of hydrogen-bond donors (Lipinski definition) is 1. The van der Waals surface area contributed by atoms with Crippen molar-refractivity contribution in [3.8, 4) is 0 Å². The van der Waals surface area contributed by atoms with Crippen molar-refractivity contribution in [3.05, 3.63) is 35.9 Å². The second kappa shape index (κ2) is 3.31. The van der Waals surface area contributed by atoms with Crippen LogP contribution >= 0.6 is 7.95 Å². The van der Waals surface area contributed by atoms with E-state index in [1.165, 1.54) is 0 Å². The SMILES string of the molecule is O=[P+](Cc1ccccc1)N1CN1. The molecule has 0 radical (unpaired) electrons. The Bertz CT molecular complexity index is 284. The molecule has 1 aromatic rings. The molecule has 4 heteroatoms. The maximum absolute atomic E-state index is 11.4. The van der Waals surface area contributed by atoms with Crippen molar-refractivity contribution in [3.63, 3.8) is 0 Å². The van der Waals surface area contributed by atoms with E-state index in [1.807, 2.05) is 30.3 Å². The van der Waals surface area contributed by atoms with Crippen molar-refractivity contribution in [1.29, 1.82) is 0 Å². The average molecular weight is 181 g/mol. The van der Waals surface area contributed by atoms with Crippen molar-refractivity contribution in [2.75, 3.05) is 6.67 Å². The van der Waals surface area contributed by atoms with Crippen LogP contribution in [0.15, 0.2) is 30.3 Å². The molecule has 62 valence electrons. The molecule has 1 N–H and O–H groups in total. The largest absolute Gasteiger partial charge is 0.455 e. The number of benzene rings is 1. The van der Waals surface area contributed by atoms with E-state index < -0.39 is 7.95 Å². The van der Waals surface area contributed by atoms with Crippen LogP contribution < -0.4 is 5.43 Å². The Kier molecular flexibility index (Phi) is 2.17. The van der Waals surface area contributed by atoms with Crippen LogP contribution in [-0.4, -0.2) is 11.4 Å². The van der Waals surface area contributed by atoms with Gasteiger partial charge in [-0.2, -0.15) is 5.43 Å². The van der Waals surface area contributed by atoms with E-state index in [0.29, 0.717) is 6.16 Å². The molecular weight excluding hydrogens is 171 g/mol. The molecule has 3 nitrogen and oxygen atoms in total. The fraction of sp³-hybridized carbons (Fsp3) is 0.250. The van der Waals surface area contributed by atoms with Gasteiger partial charge in [-0.1, -0.05) is 30.3 Å². The molecule has 0 bridgehead atoms. The zero-order chi connectivity index (χ0) is 8.39. The lowest BCUT2D eigenvalue weighted by atomic mass is 10.2. The minimum Gasteiger partial charge on any atom is -0.193 e. The molecule has 1 saturated heterocycles. The molecule has 1 aliphatic rings. The van der Waals surface area contributed by atoms with E-state index in [1.54, 1.807) is 4.78 Å². The molecule has 0 aliphatic carbocycles. The monoisotopic (exact) mass is 181 g/mol. The summed E-state index contributed by atoms with van der Waals surface area (Å²) in [5.74, 6) is 0. The third-order valence-electron chi connectivity index (χ3n) is 1.73. The number of rotatable bonds is 3. The van der Waals surface area contributed by atoms with Crippen molar-refractivity contribution < 1.29 is 4.57 Å². The molecule has 1 fully saturated rings. The Morgan fingerprint density at radius 3 is 2.67 bits per heavy atom. The highest BCUT2D eigenvalue weighted by molar-refractivity contribution is 7.41. The van der Waals surface area contributed by atoms with Crippen LogP contribution in [0.2, 0.25) is 0 Å². The summed E-state index contributed by atoms with van der Waals surface area (Å²) in [5, 5.41) is 0. The zero-order valence-electron chi connectivity index (χ0n) is 6.60. The summed E-state index contributed by atoms with van der Waals surface area (Å²) in [6, 6.07) is 9.89. The zero-order valence-corrected chi connectivity index (χ0v) is 7.50. The smallest absolute Gasteiger partial charge is 0.193 e. The van der Waals surface area contributed by atoms with Gasteiger partial charge in [0, 0.05) is 5.56 Å². The quantitative estimate of drug-likeness (QED) is 0.570. The van der Waals surface area contributed by atoms with Gasteiger partial charge in [-0.05, 0) is 9.34 Å². The van der Waals surface area contributed by atoms with E-state index in [4.69, 9.17) is 0 Å². The van der Waals surface area contributed by atoms with Crippen LogP contribution in [0.3, 0.4) is 0 Å².